The Morgan fingerprint density at radius 1 is 1.41 bits per heavy atom. The number of H-pyrrole nitrogens is 1. The van der Waals surface area contributed by atoms with E-state index >= 15 is 0 Å². The van der Waals surface area contributed by atoms with Gasteiger partial charge in [-0.2, -0.15) is 0 Å². The zero-order valence-corrected chi connectivity index (χ0v) is 9.62. The number of ether oxygens (including phenoxy) is 1. The first-order valence-corrected chi connectivity index (χ1v) is 5.73. The second-order valence-corrected chi connectivity index (χ2v) is 4.28. The summed E-state index contributed by atoms with van der Waals surface area (Å²) < 4.78 is 4.76. The van der Waals surface area contributed by atoms with Crippen LogP contribution in [0, 0.1) is 0 Å². The first kappa shape index (κ1) is 10.2. The van der Waals surface area contributed by atoms with Crippen molar-refractivity contribution in [3.05, 3.63) is 29.8 Å². The van der Waals surface area contributed by atoms with Crippen LogP contribution in [-0.2, 0) is 16.0 Å². The van der Waals surface area contributed by atoms with Gasteiger partial charge in [-0.1, -0.05) is 18.2 Å². The zero-order chi connectivity index (χ0) is 11.8. The lowest BCUT2D eigenvalue weighted by molar-refractivity contribution is -0.141. The number of hydrogen-bond donors (Lipinski definition) is 2. The van der Waals surface area contributed by atoms with Gasteiger partial charge >= 0.3 is 5.97 Å². The number of para-hydroxylation sites is 1. The van der Waals surface area contributed by atoms with Crippen molar-refractivity contribution < 1.29 is 9.53 Å². The molecule has 4 heteroatoms. The predicted octanol–water partition coefficient (Wildman–Crippen LogP) is 2.07. The normalized spacial score (nSPS) is 18.5. The van der Waals surface area contributed by atoms with Crippen LogP contribution in [0.5, 0.6) is 0 Å². The summed E-state index contributed by atoms with van der Waals surface area (Å²) in [4.78, 5) is 14.8. The van der Waals surface area contributed by atoms with Crippen molar-refractivity contribution in [2.24, 2.45) is 0 Å². The number of nitrogens with one attached hydrogen (secondary N) is 2. The number of benzene rings is 1. The van der Waals surface area contributed by atoms with Crippen LogP contribution in [0.1, 0.15) is 12.0 Å². The predicted molar refractivity (Wildman–Crippen MR) is 66.0 cm³/mol. The van der Waals surface area contributed by atoms with Gasteiger partial charge in [0.05, 0.1) is 7.11 Å². The molecule has 0 bridgehead atoms. The molecule has 0 saturated carbocycles. The van der Waals surface area contributed by atoms with E-state index in [1.165, 1.54) is 18.1 Å². The summed E-state index contributed by atoms with van der Waals surface area (Å²) in [5, 5.41) is 4.44. The van der Waals surface area contributed by atoms with E-state index in [0.717, 1.165) is 24.2 Å². The Morgan fingerprint density at radius 3 is 3.06 bits per heavy atom. The largest absolute Gasteiger partial charge is 0.467 e. The van der Waals surface area contributed by atoms with Gasteiger partial charge in [0.2, 0.25) is 0 Å². The fraction of sp³-hybridized carbons (Fsp3) is 0.308. The van der Waals surface area contributed by atoms with Crippen LogP contribution < -0.4 is 5.32 Å². The Balaban J connectivity index is 2.00. The van der Waals surface area contributed by atoms with Crippen molar-refractivity contribution >= 4 is 22.7 Å². The average Bonchev–Trinajstić information content (AvgIpc) is 2.75. The maximum Gasteiger partial charge on any atom is 0.328 e. The lowest BCUT2D eigenvalue weighted by atomic mass is 10.00. The number of fused-ring (bicyclic) bond motifs is 3. The third-order valence-electron chi connectivity index (χ3n) is 3.30. The van der Waals surface area contributed by atoms with Gasteiger partial charge in [-0.3, -0.25) is 0 Å². The van der Waals surface area contributed by atoms with Gasteiger partial charge in [0.25, 0.3) is 0 Å². The maximum atomic E-state index is 11.5. The molecule has 2 heterocycles. The van der Waals surface area contributed by atoms with Crippen molar-refractivity contribution in [1.82, 2.24) is 4.98 Å². The number of rotatable bonds is 1. The SMILES string of the molecule is COC(=O)C1CCc2c([nH]c3ccccc23)N1. The van der Waals surface area contributed by atoms with Crippen molar-refractivity contribution in [3.63, 3.8) is 0 Å². The Bertz CT molecular complexity index is 574. The van der Waals surface area contributed by atoms with Crippen molar-refractivity contribution in [3.8, 4) is 0 Å². The van der Waals surface area contributed by atoms with Crippen LogP contribution >= 0.6 is 0 Å². The highest BCUT2D eigenvalue weighted by Crippen LogP contribution is 2.31. The van der Waals surface area contributed by atoms with Gasteiger partial charge in [0, 0.05) is 16.5 Å². The summed E-state index contributed by atoms with van der Waals surface area (Å²) in [5.41, 5.74) is 2.37. The average molecular weight is 230 g/mol. The van der Waals surface area contributed by atoms with Gasteiger partial charge in [0.15, 0.2) is 0 Å². The van der Waals surface area contributed by atoms with Gasteiger partial charge in [-0.15, -0.1) is 0 Å². The van der Waals surface area contributed by atoms with E-state index in [1.54, 1.807) is 0 Å². The smallest absolute Gasteiger partial charge is 0.328 e. The first-order valence-electron chi connectivity index (χ1n) is 5.73. The first-order chi connectivity index (χ1) is 8.29. The van der Waals surface area contributed by atoms with E-state index in [2.05, 4.69) is 16.4 Å². The molecule has 3 rings (SSSR count). The number of aromatic amines is 1. The fourth-order valence-corrected chi connectivity index (χ4v) is 2.44. The minimum absolute atomic E-state index is 0.200. The van der Waals surface area contributed by atoms with E-state index in [1.807, 2.05) is 18.2 Å². The van der Waals surface area contributed by atoms with Crippen LogP contribution in [-0.4, -0.2) is 24.1 Å². The standard InChI is InChI=1S/C13H14N2O2/c1-17-13(16)11-7-6-9-8-4-2-3-5-10(8)14-12(9)15-11/h2-5,11,14-15H,6-7H2,1H3. The molecule has 17 heavy (non-hydrogen) atoms. The molecule has 0 radical (unpaired) electrons. The molecule has 1 aliphatic heterocycles. The molecule has 0 saturated heterocycles. The molecule has 1 aromatic carbocycles. The summed E-state index contributed by atoms with van der Waals surface area (Å²) in [6.07, 6.45) is 1.67. The molecule has 1 aromatic heterocycles. The summed E-state index contributed by atoms with van der Waals surface area (Å²) in [6.45, 7) is 0. The Hall–Kier alpha value is -1.97. The third-order valence-corrected chi connectivity index (χ3v) is 3.30. The molecule has 4 nitrogen and oxygen atoms in total. The number of esters is 1. The second-order valence-electron chi connectivity index (χ2n) is 4.28. The van der Waals surface area contributed by atoms with Crippen LogP contribution in [0.15, 0.2) is 24.3 Å². The quantitative estimate of drug-likeness (QED) is 0.737. The molecule has 0 amide bonds. The number of carbonyl (C=O) groups excluding carboxylic acids is 1. The number of aromatic nitrogens is 1. The Kier molecular flexibility index (Phi) is 2.28. The number of carbonyl (C=O) groups is 1. The number of methoxy groups -OCH3 is 1. The molecule has 1 atom stereocenters. The highest BCUT2D eigenvalue weighted by molar-refractivity contribution is 5.91. The molecule has 88 valence electrons. The summed E-state index contributed by atoms with van der Waals surface area (Å²) in [6, 6.07) is 7.94. The number of anilines is 1. The summed E-state index contributed by atoms with van der Waals surface area (Å²) >= 11 is 0. The molecule has 0 aliphatic carbocycles. The number of hydrogen-bond acceptors (Lipinski definition) is 3. The van der Waals surface area contributed by atoms with Crippen molar-refractivity contribution in [2.45, 2.75) is 18.9 Å². The van der Waals surface area contributed by atoms with Gasteiger partial charge in [0.1, 0.15) is 11.9 Å². The molecule has 1 aliphatic rings. The van der Waals surface area contributed by atoms with Gasteiger partial charge in [-0.25, -0.2) is 4.79 Å². The van der Waals surface area contributed by atoms with Crippen LogP contribution in [0.4, 0.5) is 5.82 Å². The number of aryl methyl sites for hydroxylation is 1. The second kappa shape index (κ2) is 3.80. The molecular weight excluding hydrogens is 216 g/mol. The molecule has 2 aromatic rings. The molecule has 0 fully saturated rings. The van der Waals surface area contributed by atoms with Gasteiger partial charge < -0.3 is 15.0 Å². The van der Waals surface area contributed by atoms with E-state index in [9.17, 15) is 4.79 Å². The van der Waals surface area contributed by atoms with Crippen LogP contribution in [0.25, 0.3) is 10.9 Å². The lowest BCUT2D eigenvalue weighted by Crippen LogP contribution is -2.34. The topological polar surface area (TPSA) is 54.1 Å². The van der Waals surface area contributed by atoms with Gasteiger partial charge in [-0.05, 0) is 18.9 Å². The van der Waals surface area contributed by atoms with Crippen LogP contribution in [0.3, 0.4) is 0 Å². The fourth-order valence-electron chi connectivity index (χ4n) is 2.44. The van der Waals surface area contributed by atoms with E-state index in [-0.39, 0.29) is 12.0 Å². The molecule has 1 unspecified atom stereocenters. The summed E-state index contributed by atoms with van der Waals surface area (Å²) in [7, 11) is 1.42. The van der Waals surface area contributed by atoms with E-state index < -0.39 is 0 Å². The third kappa shape index (κ3) is 1.56. The molecule has 0 spiro atoms. The van der Waals surface area contributed by atoms with Crippen LogP contribution in [0.2, 0.25) is 0 Å². The summed E-state index contributed by atoms with van der Waals surface area (Å²) in [5.74, 6) is 0.752. The highest BCUT2D eigenvalue weighted by Gasteiger charge is 2.26. The highest BCUT2D eigenvalue weighted by atomic mass is 16.5. The minimum Gasteiger partial charge on any atom is -0.467 e. The maximum absolute atomic E-state index is 11.5. The van der Waals surface area contributed by atoms with E-state index in [4.69, 9.17) is 4.74 Å². The minimum atomic E-state index is -0.236. The monoisotopic (exact) mass is 230 g/mol. The lowest BCUT2D eigenvalue weighted by Gasteiger charge is -2.22. The van der Waals surface area contributed by atoms with Crippen molar-refractivity contribution in [2.75, 3.05) is 12.4 Å². The molecule has 2 N–H and O–H groups in total. The van der Waals surface area contributed by atoms with E-state index in [0.29, 0.717) is 0 Å². The molecular formula is C13H14N2O2. The Morgan fingerprint density at radius 2 is 2.24 bits per heavy atom. The zero-order valence-electron chi connectivity index (χ0n) is 9.62. The Labute approximate surface area is 99.0 Å². The van der Waals surface area contributed by atoms with Crippen molar-refractivity contribution in [1.29, 1.82) is 0 Å².